The second-order valence-electron chi connectivity index (χ2n) is 9.12. The Kier molecular flexibility index (Phi) is 7.48. The molecule has 206 valence electrons. The van der Waals surface area contributed by atoms with Crippen molar-refractivity contribution in [1.82, 2.24) is 4.31 Å². The summed E-state index contributed by atoms with van der Waals surface area (Å²) in [5, 5.41) is 2.59. The smallest absolute Gasteiger partial charge is 0.338 e. The number of carbonyl (C=O) groups excluding carboxylic acids is 4. The molecule has 5 rings (SSSR count). The van der Waals surface area contributed by atoms with Crippen LogP contribution in [0.3, 0.4) is 0 Å². The van der Waals surface area contributed by atoms with Gasteiger partial charge in [-0.15, -0.1) is 0 Å². The zero-order valence-corrected chi connectivity index (χ0v) is 22.2. The van der Waals surface area contributed by atoms with Crippen molar-refractivity contribution in [2.45, 2.75) is 17.9 Å². The Bertz CT molecular complexity index is 1560. The van der Waals surface area contributed by atoms with Crippen molar-refractivity contribution in [3.63, 3.8) is 0 Å². The van der Waals surface area contributed by atoms with Gasteiger partial charge in [0.1, 0.15) is 0 Å². The number of hydrogen-bond acceptors (Lipinski definition) is 8. The number of morpholine rings is 1. The van der Waals surface area contributed by atoms with Crippen molar-refractivity contribution in [2.75, 3.05) is 36.5 Å². The van der Waals surface area contributed by atoms with E-state index in [1.807, 2.05) is 0 Å². The number of benzene rings is 3. The molecule has 0 aromatic heterocycles. The van der Waals surface area contributed by atoms with Crippen molar-refractivity contribution in [3.8, 4) is 0 Å². The lowest BCUT2D eigenvalue weighted by Crippen LogP contribution is -2.40. The third-order valence-electron chi connectivity index (χ3n) is 6.52. The highest BCUT2D eigenvalue weighted by Crippen LogP contribution is 2.29. The first kappa shape index (κ1) is 27.2. The van der Waals surface area contributed by atoms with Gasteiger partial charge in [-0.3, -0.25) is 14.4 Å². The number of sulfonamides is 1. The zero-order valence-electron chi connectivity index (χ0n) is 21.4. The van der Waals surface area contributed by atoms with Gasteiger partial charge in [-0.25, -0.2) is 18.1 Å². The minimum Gasteiger partial charge on any atom is -0.449 e. The van der Waals surface area contributed by atoms with E-state index in [4.69, 9.17) is 9.47 Å². The molecule has 11 nitrogen and oxygen atoms in total. The van der Waals surface area contributed by atoms with Crippen molar-refractivity contribution in [1.29, 1.82) is 0 Å². The highest BCUT2D eigenvalue weighted by molar-refractivity contribution is 7.89. The molecule has 1 N–H and O–H groups in total. The first-order valence-corrected chi connectivity index (χ1v) is 13.9. The van der Waals surface area contributed by atoms with E-state index in [0.717, 1.165) is 4.90 Å². The number of nitrogens with one attached hydrogen (secondary N) is 1. The zero-order chi connectivity index (χ0) is 28.4. The van der Waals surface area contributed by atoms with Gasteiger partial charge < -0.3 is 14.8 Å². The minimum atomic E-state index is -3.68. The summed E-state index contributed by atoms with van der Waals surface area (Å²) in [6, 6.07) is 18.0. The van der Waals surface area contributed by atoms with E-state index in [2.05, 4.69) is 5.32 Å². The maximum Gasteiger partial charge on any atom is 0.338 e. The molecule has 1 unspecified atom stereocenters. The van der Waals surface area contributed by atoms with Gasteiger partial charge in [-0.1, -0.05) is 18.2 Å². The van der Waals surface area contributed by atoms with Crippen molar-refractivity contribution < 1.29 is 37.1 Å². The molecule has 1 fully saturated rings. The summed E-state index contributed by atoms with van der Waals surface area (Å²) in [5.41, 5.74) is 1.12. The molecule has 12 heteroatoms. The Morgan fingerprint density at radius 3 is 2.15 bits per heavy atom. The van der Waals surface area contributed by atoms with Gasteiger partial charge in [-0.2, -0.15) is 4.31 Å². The van der Waals surface area contributed by atoms with Crippen LogP contribution in [-0.4, -0.2) is 68.8 Å². The molecule has 2 heterocycles. The van der Waals surface area contributed by atoms with Gasteiger partial charge in [0.25, 0.3) is 17.7 Å². The SMILES string of the molecule is CC(OC(=O)c1cccc(N2C(=O)c3ccccc3C2=O)c1)C(=O)Nc1ccc(S(=O)(=O)N2CCOCC2)cc1. The molecule has 1 atom stereocenters. The van der Waals surface area contributed by atoms with Crippen LogP contribution in [-0.2, 0) is 24.3 Å². The summed E-state index contributed by atoms with van der Waals surface area (Å²) in [5.74, 6) is -2.45. The summed E-state index contributed by atoms with van der Waals surface area (Å²) in [7, 11) is -3.68. The number of amides is 3. The number of esters is 1. The Morgan fingerprint density at radius 1 is 0.900 bits per heavy atom. The summed E-state index contributed by atoms with van der Waals surface area (Å²) >= 11 is 0. The number of ether oxygens (including phenoxy) is 2. The lowest BCUT2D eigenvalue weighted by atomic mass is 10.1. The molecule has 0 saturated carbocycles. The van der Waals surface area contributed by atoms with Gasteiger partial charge in [0.2, 0.25) is 10.0 Å². The number of fused-ring (bicyclic) bond motifs is 1. The monoisotopic (exact) mass is 563 g/mol. The molecule has 40 heavy (non-hydrogen) atoms. The summed E-state index contributed by atoms with van der Waals surface area (Å²) in [6.45, 7) is 2.59. The average molecular weight is 564 g/mol. The molecule has 3 aromatic rings. The standard InChI is InChI=1S/C28H25N3O8S/c1-18(25(32)29-20-9-11-22(12-10-20)40(36,37)30-13-15-38-16-14-30)39-28(35)19-5-4-6-21(17-19)31-26(33)23-7-2-3-8-24(23)27(31)34/h2-12,17-18H,13-16H2,1H3,(H,29,32). The van der Waals surface area contributed by atoms with Crippen molar-refractivity contribution in [3.05, 3.63) is 89.5 Å². The number of anilines is 2. The number of rotatable bonds is 7. The van der Waals surface area contributed by atoms with Gasteiger partial charge in [0.15, 0.2) is 6.10 Å². The van der Waals surface area contributed by atoms with E-state index in [-0.39, 0.29) is 40.4 Å². The Hall–Kier alpha value is -4.39. The maximum absolute atomic E-state index is 12.8. The molecule has 2 aliphatic heterocycles. The minimum absolute atomic E-state index is 0.0476. The van der Waals surface area contributed by atoms with E-state index in [0.29, 0.717) is 18.9 Å². The Morgan fingerprint density at radius 2 is 1.52 bits per heavy atom. The maximum atomic E-state index is 12.8. The quantitative estimate of drug-likeness (QED) is 0.342. The van der Waals surface area contributed by atoms with Gasteiger partial charge >= 0.3 is 5.97 Å². The van der Waals surface area contributed by atoms with Crippen LogP contribution < -0.4 is 10.2 Å². The third-order valence-corrected chi connectivity index (χ3v) is 8.43. The number of carbonyl (C=O) groups is 4. The van der Waals surface area contributed by atoms with Crippen LogP contribution in [0, 0.1) is 0 Å². The highest BCUT2D eigenvalue weighted by Gasteiger charge is 2.36. The molecular weight excluding hydrogens is 538 g/mol. The average Bonchev–Trinajstić information content (AvgIpc) is 3.23. The van der Waals surface area contributed by atoms with Crippen LogP contribution in [0.4, 0.5) is 11.4 Å². The first-order valence-electron chi connectivity index (χ1n) is 12.4. The van der Waals surface area contributed by atoms with E-state index in [9.17, 15) is 27.6 Å². The summed E-state index contributed by atoms with van der Waals surface area (Å²) in [6.07, 6.45) is -1.20. The van der Waals surface area contributed by atoms with E-state index in [1.54, 1.807) is 24.3 Å². The normalized spacial score (nSPS) is 16.4. The molecule has 3 amide bonds. The first-order chi connectivity index (χ1) is 19.2. The lowest BCUT2D eigenvalue weighted by Gasteiger charge is -2.26. The van der Waals surface area contributed by atoms with Gasteiger partial charge in [0, 0.05) is 18.8 Å². The van der Waals surface area contributed by atoms with Crippen LogP contribution in [0.2, 0.25) is 0 Å². The molecule has 0 spiro atoms. The second-order valence-corrected chi connectivity index (χ2v) is 11.1. The molecule has 2 aliphatic rings. The lowest BCUT2D eigenvalue weighted by molar-refractivity contribution is -0.123. The largest absolute Gasteiger partial charge is 0.449 e. The van der Waals surface area contributed by atoms with Crippen LogP contribution in [0.5, 0.6) is 0 Å². The van der Waals surface area contributed by atoms with Gasteiger partial charge in [-0.05, 0) is 61.5 Å². The fourth-order valence-electron chi connectivity index (χ4n) is 4.37. The predicted molar refractivity (Wildman–Crippen MR) is 144 cm³/mol. The number of nitrogens with zero attached hydrogens (tertiary/aromatic N) is 2. The van der Waals surface area contributed by atoms with Crippen LogP contribution in [0.15, 0.2) is 77.7 Å². The van der Waals surface area contributed by atoms with E-state index < -0.39 is 39.8 Å². The fourth-order valence-corrected chi connectivity index (χ4v) is 5.78. The highest BCUT2D eigenvalue weighted by atomic mass is 32.2. The third kappa shape index (κ3) is 5.24. The van der Waals surface area contributed by atoms with E-state index >= 15 is 0 Å². The van der Waals surface area contributed by atoms with E-state index in [1.165, 1.54) is 59.8 Å². The molecule has 1 saturated heterocycles. The van der Waals surface area contributed by atoms with Gasteiger partial charge in [0.05, 0.1) is 40.5 Å². The predicted octanol–water partition coefficient (Wildman–Crippen LogP) is 2.69. The van der Waals surface area contributed by atoms with Crippen LogP contribution in [0.25, 0.3) is 0 Å². The molecule has 3 aromatic carbocycles. The van der Waals surface area contributed by atoms with Crippen LogP contribution >= 0.6 is 0 Å². The number of imide groups is 1. The Labute approximate surface area is 230 Å². The van der Waals surface area contributed by atoms with Crippen molar-refractivity contribution in [2.24, 2.45) is 0 Å². The topological polar surface area (TPSA) is 139 Å². The summed E-state index contributed by atoms with van der Waals surface area (Å²) in [4.78, 5) is 52.1. The molecule has 0 radical (unpaired) electrons. The summed E-state index contributed by atoms with van der Waals surface area (Å²) < 4.78 is 37.4. The van der Waals surface area contributed by atoms with Crippen LogP contribution in [0.1, 0.15) is 38.0 Å². The molecular formula is C28H25N3O8S. The second kappa shape index (κ2) is 11.0. The fraction of sp³-hybridized carbons (Fsp3) is 0.214. The van der Waals surface area contributed by atoms with Crippen molar-refractivity contribution >= 4 is 45.1 Å². The molecule has 0 aliphatic carbocycles. The molecule has 0 bridgehead atoms. The number of hydrogen-bond donors (Lipinski definition) is 1. The Balaban J connectivity index is 1.22.